The molecule has 0 fully saturated rings. The molecule has 2 aliphatic rings. The largest absolute Gasteiger partial charge is 0.454 e. The van der Waals surface area contributed by atoms with E-state index in [1.165, 1.54) is 12.0 Å². The molecule has 35 heavy (non-hydrogen) atoms. The molecular formula is C24H24N4O6S. The van der Waals surface area contributed by atoms with Gasteiger partial charge in [-0.3, -0.25) is 19.8 Å². The molecule has 0 aromatic heterocycles. The quantitative estimate of drug-likeness (QED) is 0.447. The van der Waals surface area contributed by atoms with Gasteiger partial charge in [0.1, 0.15) is 5.70 Å². The molecule has 0 unspecified atom stereocenters. The summed E-state index contributed by atoms with van der Waals surface area (Å²) in [5.41, 5.74) is 2.60. The maximum atomic E-state index is 13.3. The van der Waals surface area contributed by atoms with E-state index in [1.54, 1.807) is 24.3 Å². The highest BCUT2D eigenvalue weighted by Crippen LogP contribution is 2.34. The van der Waals surface area contributed by atoms with Crippen molar-refractivity contribution in [3.05, 3.63) is 59.3 Å². The minimum absolute atomic E-state index is 0.108. The molecule has 11 heteroatoms. The average Bonchev–Trinajstić information content (AvgIpc) is 3.42. The summed E-state index contributed by atoms with van der Waals surface area (Å²) < 4.78 is 15.6. The molecule has 2 heterocycles. The van der Waals surface area contributed by atoms with Crippen molar-refractivity contribution < 1.29 is 28.6 Å². The highest BCUT2D eigenvalue weighted by Gasteiger charge is 2.32. The Hall–Kier alpha value is -3.83. The van der Waals surface area contributed by atoms with E-state index >= 15 is 0 Å². The SMILES string of the molecule is COCCNC(=O)NC(=O)CSC1=N/C(=C\c2ccc3c(c2)OCO3)C(=O)N1c1ccc(C)cc1. The van der Waals surface area contributed by atoms with Gasteiger partial charge in [0, 0.05) is 13.7 Å². The van der Waals surface area contributed by atoms with Crippen LogP contribution in [0.2, 0.25) is 0 Å². The van der Waals surface area contributed by atoms with Gasteiger partial charge in [-0.2, -0.15) is 0 Å². The fourth-order valence-corrected chi connectivity index (χ4v) is 4.09. The molecule has 0 saturated heterocycles. The van der Waals surface area contributed by atoms with E-state index in [0.29, 0.717) is 29.0 Å². The number of anilines is 1. The van der Waals surface area contributed by atoms with Crippen LogP contribution >= 0.6 is 11.8 Å². The maximum Gasteiger partial charge on any atom is 0.321 e. The van der Waals surface area contributed by atoms with Crippen LogP contribution in [0, 0.1) is 6.92 Å². The van der Waals surface area contributed by atoms with Crippen molar-refractivity contribution >= 4 is 46.5 Å². The minimum Gasteiger partial charge on any atom is -0.454 e. The number of nitrogens with one attached hydrogen (secondary N) is 2. The summed E-state index contributed by atoms with van der Waals surface area (Å²) >= 11 is 1.06. The topological polar surface area (TPSA) is 119 Å². The highest BCUT2D eigenvalue weighted by molar-refractivity contribution is 8.14. The van der Waals surface area contributed by atoms with Gasteiger partial charge in [0.25, 0.3) is 5.91 Å². The predicted molar refractivity (Wildman–Crippen MR) is 133 cm³/mol. The van der Waals surface area contributed by atoms with E-state index in [4.69, 9.17) is 14.2 Å². The maximum absolute atomic E-state index is 13.3. The second kappa shape index (κ2) is 11.1. The molecule has 2 aliphatic heterocycles. The molecule has 0 aliphatic carbocycles. The van der Waals surface area contributed by atoms with Gasteiger partial charge in [-0.1, -0.05) is 35.5 Å². The first kappa shape index (κ1) is 24.3. The number of nitrogens with zero attached hydrogens (tertiary/aromatic N) is 2. The number of aliphatic imine (C=N–C) groups is 1. The van der Waals surface area contributed by atoms with Crippen LogP contribution in [0.5, 0.6) is 11.5 Å². The Balaban J connectivity index is 1.51. The van der Waals surface area contributed by atoms with E-state index in [1.807, 2.05) is 31.2 Å². The third-order valence-electron chi connectivity index (χ3n) is 5.00. The number of hydrogen-bond donors (Lipinski definition) is 2. The van der Waals surface area contributed by atoms with Crippen molar-refractivity contribution in [2.45, 2.75) is 6.92 Å². The van der Waals surface area contributed by atoms with Crippen molar-refractivity contribution in [2.75, 3.05) is 37.7 Å². The summed E-state index contributed by atoms with van der Waals surface area (Å²) in [6.45, 7) is 2.71. The molecule has 0 radical (unpaired) electrons. The summed E-state index contributed by atoms with van der Waals surface area (Å²) in [7, 11) is 1.51. The second-order valence-electron chi connectivity index (χ2n) is 7.60. The van der Waals surface area contributed by atoms with Crippen LogP contribution in [0.1, 0.15) is 11.1 Å². The molecule has 10 nitrogen and oxygen atoms in total. The van der Waals surface area contributed by atoms with Gasteiger partial charge >= 0.3 is 6.03 Å². The lowest BCUT2D eigenvalue weighted by Crippen LogP contribution is -2.42. The summed E-state index contributed by atoms with van der Waals surface area (Å²) in [4.78, 5) is 43.3. The Kier molecular flexibility index (Phi) is 7.68. The van der Waals surface area contributed by atoms with Crippen LogP contribution in [0.15, 0.2) is 53.2 Å². The van der Waals surface area contributed by atoms with E-state index in [2.05, 4.69) is 15.6 Å². The van der Waals surface area contributed by atoms with Gasteiger partial charge in [0.05, 0.1) is 18.0 Å². The summed E-state index contributed by atoms with van der Waals surface area (Å²) in [5, 5.41) is 5.09. The number of amidine groups is 1. The molecule has 4 rings (SSSR count). The first-order valence-electron chi connectivity index (χ1n) is 10.7. The number of benzene rings is 2. The number of methoxy groups -OCH3 is 1. The third-order valence-corrected chi connectivity index (χ3v) is 5.94. The highest BCUT2D eigenvalue weighted by atomic mass is 32.2. The molecule has 2 N–H and O–H groups in total. The number of imide groups is 1. The average molecular weight is 497 g/mol. The fourth-order valence-electron chi connectivity index (χ4n) is 3.28. The molecule has 182 valence electrons. The Morgan fingerprint density at radius 3 is 2.71 bits per heavy atom. The number of carbonyl (C=O) groups is 3. The number of thioether (sulfide) groups is 1. The number of rotatable bonds is 7. The predicted octanol–water partition coefficient (Wildman–Crippen LogP) is 2.67. The minimum atomic E-state index is -0.615. The van der Waals surface area contributed by atoms with E-state index in [0.717, 1.165) is 22.9 Å². The first-order chi connectivity index (χ1) is 16.9. The van der Waals surface area contributed by atoms with Crippen LogP contribution in [0.4, 0.5) is 10.5 Å². The molecule has 0 bridgehead atoms. The van der Waals surface area contributed by atoms with Gasteiger partial charge in [0.2, 0.25) is 12.7 Å². The first-order valence-corrected chi connectivity index (χ1v) is 11.7. The van der Waals surface area contributed by atoms with Crippen molar-refractivity contribution in [1.29, 1.82) is 0 Å². The van der Waals surface area contributed by atoms with E-state index in [9.17, 15) is 14.4 Å². The Labute approximate surface area is 206 Å². The standard InChI is InChI=1S/C24H24N4O6S/c1-15-3-6-17(7-4-15)28-22(30)18(11-16-5-8-19-20(12-16)34-14-33-19)26-24(28)35-13-21(29)27-23(31)25-9-10-32-2/h3-8,11-12H,9-10,13-14H2,1-2H3,(H2,25,27,29,31)/b18-11-. The van der Waals surface area contributed by atoms with Gasteiger partial charge in [-0.15, -0.1) is 0 Å². The zero-order chi connectivity index (χ0) is 24.8. The van der Waals surface area contributed by atoms with Crippen LogP contribution in [-0.2, 0) is 14.3 Å². The van der Waals surface area contributed by atoms with Gasteiger partial charge < -0.3 is 19.5 Å². The Morgan fingerprint density at radius 2 is 1.94 bits per heavy atom. The molecule has 2 aromatic carbocycles. The number of carbonyl (C=O) groups excluding carboxylic acids is 3. The molecule has 0 atom stereocenters. The number of hydrogen-bond acceptors (Lipinski definition) is 8. The van der Waals surface area contributed by atoms with Crippen LogP contribution in [0.25, 0.3) is 6.08 Å². The molecule has 4 amide bonds. The lowest BCUT2D eigenvalue weighted by Gasteiger charge is -2.18. The summed E-state index contributed by atoms with van der Waals surface area (Å²) in [6, 6.07) is 12.1. The second-order valence-corrected chi connectivity index (χ2v) is 8.54. The smallest absolute Gasteiger partial charge is 0.321 e. The number of aryl methyl sites for hydroxylation is 1. The van der Waals surface area contributed by atoms with Crippen molar-refractivity contribution in [2.24, 2.45) is 4.99 Å². The van der Waals surface area contributed by atoms with E-state index in [-0.39, 0.29) is 30.7 Å². The molecule has 0 spiro atoms. The fraction of sp³-hybridized carbons (Fsp3) is 0.250. The summed E-state index contributed by atoms with van der Waals surface area (Å²) in [6.07, 6.45) is 1.66. The zero-order valence-electron chi connectivity index (χ0n) is 19.2. The Bertz CT molecular complexity index is 1200. The van der Waals surface area contributed by atoms with Crippen LogP contribution in [-0.4, -0.2) is 55.8 Å². The lowest BCUT2D eigenvalue weighted by atomic mass is 10.1. The monoisotopic (exact) mass is 496 g/mol. The normalized spacial score (nSPS) is 15.4. The zero-order valence-corrected chi connectivity index (χ0v) is 20.0. The number of ether oxygens (including phenoxy) is 3. The van der Waals surface area contributed by atoms with Crippen molar-refractivity contribution in [1.82, 2.24) is 10.6 Å². The van der Waals surface area contributed by atoms with Crippen LogP contribution in [0.3, 0.4) is 0 Å². The van der Waals surface area contributed by atoms with Crippen molar-refractivity contribution in [3.63, 3.8) is 0 Å². The number of amides is 4. The summed E-state index contributed by atoms with van der Waals surface area (Å²) in [5.74, 6) is 0.287. The third kappa shape index (κ3) is 6.00. The van der Waals surface area contributed by atoms with Gasteiger partial charge in [-0.25, -0.2) is 9.79 Å². The van der Waals surface area contributed by atoms with Gasteiger partial charge in [-0.05, 0) is 42.8 Å². The Morgan fingerprint density at radius 1 is 1.17 bits per heavy atom. The molecule has 0 saturated carbocycles. The number of urea groups is 1. The lowest BCUT2D eigenvalue weighted by molar-refractivity contribution is -0.117. The molecular weight excluding hydrogens is 472 g/mol. The van der Waals surface area contributed by atoms with Crippen LogP contribution < -0.4 is 25.0 Å². The number of fused-ring (bicyclic) bond motifs is 1. The van der Waals surface area contributed by atoms with Gasteiger partial charge in [0.15, 0.2) is 16.7 Å². The van der Waals surface area contributed by atoms with Crippen molar-refractivity contribution in [3.8, 4) is 11.5 Å². The van der Waals surface area contributed by atoms with E-state index < -0.39 is 11.9 Å². The molecule has 2 aromatic rings.